The van der Waals surface area contributed by atoms with Gasteiger partial charge < -0.3 is 4.74 Å². The molecule has 1 aromatic rings. The SMILES string of the molecule is N#Cc1c(OC(F)(F)F)cc(S(=O)(=O)Cl)cc1C(F)F. The maximum Gasteiger partial charge on any atom is 0.573 e. The molecule has 0 saturated heterocycles. The molecule has 110 valence electrons. The minimum absolute atomic E-state index is 0.250. The third kappa shape index (κ3) is 3.94. The monoisotopic (exact) mass is 335 g/mol. The average molecular weight is 336 g/mol. The lowest BCUT2D eigenvalue weighted by atomic mass is 10.1. The zero-order valence-corrected chi connectivity index (χ0v) is 10.7. The predicted octanol–water partition coefficient (Wildman–Crippen LogP) is 3.32. The molecule has 0 aliphatic heterocycles. The molecule has 0 aliphatic carbocycles. The molecule has 0 saturated carbocycles. The van der Waals surface area contributed by atoms with Gasteiger partial charge >= 0.3 is 6.36 Å². The summed E-state index contributed by atoms with van der Waals surface area (Å²) in [7, 11) is 0.302. The van der Waals surface area contributed by atoms with Gasteiger partial charge in [-0.25, -0.2) is 17.2 Å². The van der Waals surface area contributed by atoms with Crippen molar-refractivity contribution in [3.63, 3.8) is 0 Å². The van der Waals surface area contributed by atoms with Crippen LogP contribution in [0.25, 0.3) is 0 Å². The second-order valence-corrected chi connectivity index (χ2v) is 5.85. The van der Waals surface area contributed by atoms with E-state index in [-0.39, 0.29) is 6.07 Å². The molecule has 0 bridgehead atoms. The molecular weight excluding hydrogens is 333 g/mol. The van der Waals surface area contributed by atoms with Crippen molar-refractivity contribution < 1.29 is 35.1 Å². The lowest BCUT2D eigenvalue weighted by Gasteiger charge is -2.13. The van der Waals surface area contributed by atoms with Crippen LogP contribution < -0.4 is 4.74 Å². The molecule has 11 heteroatoms. The Bertz CT molecular complexity index is 665. The highest BCUT2D eigenvalue weighted by atomic mass is 35.7. The maximum atomic E-state index is 12.7. The number of nitriles is 1. The minimum Gasteiger partial charge on any atom is -0.404 e. The number of ether oxygens (including phenoxy) is 1. The van der Waals surface area contributed by atoms with Crippen LogP contribution >= 0.6 is 10.7 Å². The molecule has 20 heavy (non-hydrogen) atoms. The summed E-state index contributed by atoms with van der Waals surface area (Å²) in [6.45, 7) is 0. The van der Waals surface area contributed by atoms with Gasteiger partial charge in [-0.2, -0.15) is 5.26 Å². The van der Waals surface area contributed by atoms with Crippen molar-refractivity contribution >= 4 is 19.7 Å². The van der Waals surface area contributed by atoms with Gasteiger partial charge in [-0.05, 0) is 6.07 Å². The fourth-order valence-electron chi connectivity index (χ4n) is 1.25. The summed E-state index contributed by atoms with van der Waals surface area (Å²) >= 11 is 0. The molecule has 0 radical (unpaired) electrons. The van der Waals surface area contributed by atoms with Gasteiger partial charge in [0.1, 0.15) is 17.4 Å². The molecule has 0 heterocycles. The van der Waals surface area contributed by atoms with Gasteiger partial charge in [-0.3, -0.25) is 0 Å². The van der Waals surface area contributed by atoms with Crippen LogP contribution in [0.4, 0.5) is 22.0 Å². The van der Waals surface area contributed by atoms with Crippen molar-refractivity contribution in [3.05, 3.63) is 23.3 Å². The largest absolute Gasteiger partial charge is 0.573 e. The molecule has 0 aliphatic rings. The highest BCUT2D eigenvalue weighted by molar-refractivity contribution is 8.13. The first kappa shape index (κ1) is 16.5. The van der Waals surface area contributed by atoms with Crippen LogP contribution in [0.5, 0.6) is 5.75 Å². The van der Waals surface area contributed by atoms with Crippen LogP contribution in [-0.4, -0.2) is 14.8 Å². The number of rotatable bonds is 3. The quantitative estimate of drug-likeness (QED) is 0.627. The fraction of sp³-hybridized carbons (Fsp3) is 0.222. The number of alkyl halides is 5. The van der Waals surface area contributed by atoms with E-state index in [1.54, 1.807) is 0 Å². The standard InChI is InChI=1S/C9H3ClF5NO3S/c10-20(17,18)4-1-5(8(11)12)6(3-16)7(2-4)19-9(13,14)15/h1-2,8H. The Kier molecular flexibility index (Phi) is 4.45. The third-order valence-electron chi connectivity index (χ3n) is 1.96. The summed E-state index contributed by atoms with van der Waals surface area (Å²) in [4.78, 5) is -1.03. The molecule has 0 atom stereocenters. The maximum absolute atomic E-state index is 12.7. The van der Waals surface area contributed by atoms with E-state index in [4.69, 9.17) is 15.9 Å². The second kappa shape index (κ2) is 5.41. The zero-order valence-electron chi connectivity index (χ0n) is 9.08. The van der Waals surface area contributed by atoms with E-state index >= 15 is 0 Å². The van der Waals surface area contributed by atoms with Crippen molar-refractivity contribution in [2.75, 3.05) is 0 Å². The van der Waals surface area contributed by atoms with E-state index in [1.807, 2.05) is 0 Å². The molecular formula is C9H3ClF5NO3S. The fourth-order valence-corrected chi connectivity index (χ4v) is 2.03. The van der Waals surface area contributed by atoms with Crippen molar-refractivity contribution in [1.29, 1.82) is 5.26 Å². The van der Waals surface area contributed by atoms with E-state index in [0.29, 0.717) is 6.07 Å². The second-order valence-electron chi connectivity index (χ2n) is 3.28. The topological polar surface area (TPSA) is 67.2 Å². The molecule has 0 N–H and O–H groups in total. The van der Waals surface area contributed by atoms with Crippen molar-refractivity contribution in [2.45, 2.75) is 17.7 Å². The number of nitrogens with zero attached hydrogens (tertiary/aromatic N) is 1. The molecule has 0 fully saturated rings. The number of benzene rings is 1. The predicted molar refractivity (Wildman–Crippen MR) is 55.8 cm³/mol. The Balaban J connectivity index is 3.63. The van der Waals surface area contributed by atoms with Crippen molar-refractivity contribution in [2.24, 2.45) is 0 Å². The minimum atomic E-state index is -5.29. The van der Waals surface area contributed by atoms with E-state index in [9.17, 15) is 30.4 Å². The Morgan fingerprint density at radius 3 is 2.20 bits per heavy atom. The molecule has 0 aromatic heterocycles. The van der Waals surface area contributed by atoms with Gasteiger partial charge in [-0.1, -0.05) is 0 Å². The van der Waals surface area contributed by atoms with Crippen LogP contribution in [0, 0.1) is 11.3 Å². The molecule has 4 nitrogen and oxygen atoms in total. The highest BCUT2D eigenvalue weighted by Gasteiger charge is 2.34. The Morgan fingerprint density at radius 1 is 1.30 bits per heavy atom. The van der Waals surface area contributed by atoms with Gasteiger partial charge in [0.2, 0.25) is 0 Å². The Hall–Kier alpha value is -1.60. The molecule has 0 unspecified atom stereocenters. The Labute approximate surface area is 113 Å². The molecule has 1 aromatic carbocycles. The molecule has 1 rings (SSSR count). The molecule has 0 spiro atoms. The van der Waals surface area contributed by atoms with Crippen molar-refractivity contribution in [3.8, 4) is 11.8 Å². The first-order valence-electron chi connectivity index (χ1n) is 4.52. The van der Waals surface area contributed by atoms with Gasteiger partial charge in [0.05, 0.1) is 4.90 Å². The summed E-state index contributed by atoms with van der Waals surface area (Å²) in [6.07, 6.45) is -8.68. The van der Waals surface area contributed by atoms with Gasteiger partial charge in [0.25, 0.3) is 15.5 Å². The van der Waals surface area contributed by atoms with E-state index in [2.05, 4.69) is 4.74 Å². The number of halogens is 6. The lowest BCUT2D eigenvalue weighted by molar-refractivity contribution is -0.274. The van der Waals surface area contributed by atoms with Gasteiger partial charge in [0.15, 0.2) is 0 Å². The smallest absolute Gasteiger partial charge is 0.404 e. The molecule has 0 amide bonds. The third-order valence-corrected chi connectivity index (χ3v) is 3.29. The first-order valence-corrected chi connectivity index (χ1v) is 6.83. The van der Waals surface area contributed by atoms with Crippen LogP contribution in [0.1, 0.15) is 17.6 Å². The van der Waals surface area contributed by atoms with Crippen molar-refractivity contribution in [1.82, 2.24) is 0 Å². The van der Waals surface area contributed by atoms with E-state index < -0.39 is 43.6 Å². The van der Waals surface area contributed by atoms with E-state index in [0.717, 1.165) is 6.07 Å². The van der Waals surface area contributed by atoms with E-state index in [1.165, 1.54) is 0 Å². The average Bonchev–Trinajstić information content (AvgIpc) is 2.24. The number of hydrogen-bond donors (Lipinski definition) is 0. The summed E-state index contributed by atoms with van der Waals surface area (Å²) < 4.78 is 87.1. The first-order chi connectivity index (χ1) is 8.95. The highest BCUT2D eigenvalue weighted by Crippen LogP contribution is 2.36. The summed E-state index contributed by atoms with van der Waals surface area (Å²) in [5, 5.41) is 8.63. The van der Waals surface area contributed by atoms with Crippen LogP contribution in [0.15, 0.2) is 17.0 Å². The number of hydrogen-bond acceptors (Lipinski definition) is 4. The normalized spacial score (nSPS) is 12.3. The Morgan fingerprint density at radius 2 is 1.85 bits per heavy atom. The summed E-state index contributed by atoms with van der Waals surface area (Å²) in [5.74, 6) is -1.36. The van der Waals surface area contributed by atoms with Gasteiger partial charge in [-0.15, -0.1) is 13.2 Å². The summed E-state index contributed by atoms with van der Waals surface area (Å²) in [6, 6.07) is 1.67. The summed E-state index contributed by atoms with van der Waals surface area (Å²) in [5.41, 5.74) is -2.35. The van der Waals surface area contributed by atoms with Crippen LogP contribution in [0.3, 0.4) is 0 Å². The van der Waals surface area contributed by atoms with Crippen LogP contribution in [-0.2, 0) is 9.05 Å². The zero-order chi connectivity index (χ0) is 15.7. The van der Waals surface area contributed by atoms with Gasteiger partial charge in [0, 0.05) is 22.3 Å². The lowest BCUT2D eigenvalue weighted by Crippen LogP contribution is -2.18. The van der Waals surface area contributed by atoms with Crippen LogP contribution in [0.2, 0.25) is 0 Å².